The zero-order chi connectivity index (χ0) is 33.3. The van der Waals surface area contributed by atoms with Gasteiger partial charge in [-0.25, -0.2) is 9.98 Å². The summed E-state index contributed by atoms with van der Waals surface area (Å²) in [6.07, 6.45) is -19.2. The molecule has 0 radical (unpaired) electrons. The Bertz CT molecular complexity index is 1080. The summed E-state index contributed by atoms with van der Waals surface area (Å²) in [6, 6.07) is -4.68. The van der Waals surface area contributed by atoms with Gasteiger partial charge in [-0.05, 0) is 6.92 Å². The van der Waals surface area contributed by atoms with Crippen LogP contribution >= 0.6 is 0 Å². The second-order valence-corrected chi connectivity index (χ2v) is 10.7. The van der Waals surface area contributed by atoms with Crippen LogP contribution in [0, 0.1) is 0 Å². The van der Waals surface area contributed by atoms with Crippen LogP contribution in [0.2, 0.25) is 0 Å². The Hall–Kier alpha value is -2.80. The average molecular weight is 640 g/mol. The van der Waals surface area contributed by atoms with E-state index in [1.165, 1.54) is 6.92 Å². The van der Waals surface area contributed by atoms with Crippen LogP contribution in [0.5, 0.6) is 0 Å². The molecule has 0 aromatic heterocycles. The topological polar surface area (TPSA) is 365 Å². The molecule has 3 fully saturated rings. The summed E-state index contributed by atoms with van der Waals surface area (Å²) in [5.74, 6) is -2.06. The van der Waals surface area contributed by atoms with Crippen LogP contribution in [0.3, 0.4) is 0 Å². The second-order valence-electron chi connectivity index (χ2n) is 10.7. The van der Waals surface area contributed by atoms with Crippen LogP contribution in [-0.4, -0.2) is 181 Å². The lowest BCUT2D eigenvalue weighted by Crippen LogP contribution is -2.67. The quantitative estimate of drug-likeness (QED) is 0.0599. The third-order valence-corrected chi connectivity index (χ3v) is 7.95. The van der Waals surface area contributed by atoms with Gasteiger partial charge in [0.15, 0.2) is 36.4 Å². The third kappa shape index (κ3) is 6.73. The summed E-state index contributed by atoms with van der Waals surface area (Å²) in [4.78, 5) is 32.9. The lowest BCUT2D eigenvalue weighted by molar-refractivity contribution is -0.322. The van der Waals surface area contributed by atoms with Crippen molar-refractivity contribution in [3.63, 3.8) is 0 Å². The summed E-state index contributed by atoms with van der Waals surface area (Å²) in [5, 5.41) is 84.2. The van der Waals surface area contributed by atoms with Gasteiger partial charge in [0.1, 0.15) is 73.6 Å². The minimum atomic E-state index is -2.53. The molecule has 44 heavy (non-hydrogen) atoms. The molecule has 0 aromatic rings. The number of ether oxygens (including phenoxy) is 4. The number of nitrogens with two attached hydrogens (primary N) is 4. The van der Waals surface area contributed by atoms with Gasteiger partial charge in [-0.1, -0.05) is 0 Å². The molecule has 0 spiro atoms. The number of amides is 1. The van der Waals surface area contributed by atoms with Crippen LogP contribution in [0.25, 0.3) is 0 Å². The van der Waals surface area contributed by atoms with Crippen LogP contribution in [0.1, 0.15) is 6.92 Å². The number of aliphatic hydroxyl groups excluding tert-OH is 7. The number of rotatable bonds is 10. The van der Waals surface area contributed by atoms with Crippen LogP contribution in [-0.2, 0) is 28.5 Å². The average Bonchev–Trinajstić information content (AvgIpc) is 3.20. The Labute approximate surface area is 250 Å². The lowest BCUT2D eigenvalue weighted by atomic mass is 9.81. The van der Waals surface area contributed by atoms with E-state index >= 15 is 0 Å². The van der Waals surface area contributed by atoms with Crippen molar-refractivity contribution in [1.29, 1.82) is 0 Å². The Morgan fingerprint density at radius 2 is 1.48 bits per heavy atom. The van der Waals surface area contributed by atoms with E-state index in [0.29, 0.717) is 0 Å². The Morgan fingerprint density at radius 3 is 2.00 bits per heavy atom. The highest BCUT2D eigenvalue weighted by Gasteiger charge is 2.61. The molecule has 3 rings (SSSR count). The molecular formula is C23H41N7O14. The van der Waals surface area contributed by atoms with Crippen LogP contribution < -0.4 is 22.9 Å². The van der Waals surface area contributed by atoms with Crippen LogP contribution in [0.15, 0.2) is 9.98 Å². The van der Waals surface area contributed by atoms with Gasteiger partial charge >= 0.3 is 0 Å². The Morgan fingerprint density at radius 1 is 0.886 bits per heavy atom. The number of hydrogen-bond acceptors (Lipinski definition) is 16. The van der Waals surface area contributed by atoms with E-state index in [0.717, 1.165) is 11.9 Å². The molecule has 3 aliphatic rings. The van der Waals surface area contributed by atoms with Crippen LogP contribution in [0.4, 0.5) is 0 Å². The Kier molecular flexibility index (Phi) is 11.4. The van der Waals surface area contributed by atoms with Gasteiger partial charge < -0.3 is 87.6 Å². The minimum absolute atomic E-state index is 0.0597. The monoisotopic (exact) mass is 639 g/mol. The number of aldehydes is 1. The Balaban J connectivity index is 2.03. The summed E-state index contributed by atoms with van der Waals surface area (Å²) in [5.41, 5.74) is 19.3. The minimum Gasteiger partial charge on any atom is -0.394 e. The molecule has 1 amide bonds. The molecule has 21 heteroatoms. The first-order valence-corrected chi connectivity index (χ1v) is 13.4. The van der Waals surface area contributed by atoms with Crippen molar-refractivity contribution < 1.29 is 69.4 Å². The van der Waals surface area contributed by atoms with E-state index in [1.807, 2.05) is 0 Å². The summed E-state index contributed by atoms with van der Waals surface area (Å²) >= 11 is 0. The molecule has 2 saturated heterocycles. The summed E-state index contributed by atoms with van der Waals surface area (Å²) in [7, 11) is 1.14. The number of nitrogens with zero attached hydrogens (tertiary/aromatic N) is 3. The number of hydrogen-bond donors (Lipinski definition) is 12. The summed E-state index contributed by atoms with van der Waals surface area (Å²) in [6.45, 7) is -0.594. The summed E-state index contributed by atoms with van der Waals surface area (Å²) < 4.78 is 23.0. The molecule has 1 aliphatic carbocycles. The van der Waals surface area contributed by atoms with Gasteiger partial charge in [-0.3, -0.25) is 9.59 Å². The largest absolute Gasteiger partial charge is 0.394 e. The standard InChI is InChI=1S/C23H41N7O14/c1-6-23(40,5-33)18(44-19-11(30(2)8(34)4-32)15(38)12(35)7(3-31)42-19)20(41-6)43-17-10(29-22(26)27)13(36)9(28-21(24)25)14(37)16(17)39/h5-7,9-20,31-32,35-40H,3-4H2,1-2H3,(H4,24,25,28)(H4,26,27,29)/t6-,7?,9+,10?,11?,12-,13?,14?,15+,16-,17+,18+,19-,20-,23?/m0/s1. The van der Waals surface area contributed by atoms with Gasteiger partial charge in [0.2, 0.25) is 5.91 Å². The molecule has 2 aliphatic heterocycles. The molecular weight excluding hydrogens is 598 g/mol. The van der Waals surface area contributed by atoms with Gasteiger partial charge in [-0.2, -0.15) is 0 Å². The fourth-order valence-electron chi connectivity index (χ4n) is 5.44. The maximum Gasteiger partial charge on any atom is 0.248 e. The lowest BCUT2D eigenvalue weighted by Gasteiger charge is -2.47. The van der Waals surface area contributed by atoms with Crippen molar-refractivity contribution in [3.05, 3.63) is 0 Å². The zero-order valence-electron chi connectivity index (χ0n) is 23.8. The maximum atomic E-state index is 12.3. The molecule has 21 nitrogen and oxygen atoms in total. The zero-order valence-corrected chi connectivity index (χ0v) is 23.8. The SMILES string of the molecule is C[C@@H]1O[C@@H](O[C@@H]2C(N=C(N)N)C(O)[C@@H](N=C(N)N)C(O)[C@@H]2O)[C@@H](O[C@@H]2OC(CO)[C@H](O)[C@H](O)C2N(C)C(=O)CO)C1(O)C=O. The van der Waals surface area contributed by atoms with Gasteiger partial charge in [0.05, 0.1) is 12.7 Å². The highest BCUT2D eigenvalue weighted by Crippen LogP contribution is 2.39. The molecule has 16 N–H and O–H groups in total. The third-order valence-electron chi connectivity index (χ3n) is 7.95. The molecule has 15 atom stereocenters. The number of guanidine groups is 2. The second kappa shape index (κ2) is 14.1. The van der Waals surface area contributed by atoms with E-state index in [1.54, 1.807) is 0 Å². The predicted molar refractivity (Wildman–Crippen MR) is 144 cm³/mol. The molecule has 0 aromatic carbocycles. The number of likely N-dealkylation sites (N-methyl/N-ethyl adjacent to an activating group) is 1. The predicted octanol–water partition coefficient (Wildman–Crippen LogP) is -8.93. The van der Waals surface area contributed by atoms with Crippen molar-refractivity contribution in [1.82, 2.24) is 4.90 Å². The molecule has 0 bridgehead atoms. The molecule has 252 valence electrons. The fraction of sp³-hybridized carbons (Fsp3) is 0.826. The van der Waals surface area contributed by atoms with Crippen molar-refractivity contribution in [2.24, 2.45) is 32.9 Å². The van der Waals surface area contributed by atoms with Crippen molar-refractivity contribution >= 4 is 24.1 Å². The molecule has 6 unspecified atom stereocenters. The fourth-order valence-corrected chi connectivity index (χ4v) is 5.44. The molecule has 1 saturated carbocycles. The van der Waals surface area contributed by atoms with Gasteiger partial charge in [-0.15, -0.1) is 0 Å². The van der Waals surface area contributed by atoms with Crippen molar-refractivity contribution in [2.45, 2.75) is 98.2 Å². The maximum absolute atomic E-state index is 12.3. The highest BCUT2D eigenvalue weighted by molar-refractivity contribution is 5.77. The van der Waals surface area contributed by atoms with E-state index < -0.39 is 122 Å². The number of carbonyl (C=O) groups is 2. The number of aliphatic hydroxyl groups is 8. The van der Waals surface area contributed by atoms with E-state index in [9.17, 15) is 50.4 Å². The highest BCUT2D eigenvalue weighted by atomic mass is 16.8. The number of aliphatic imine (C=N–C) groups is 2. The van der Waals surface area contributed by atoms with Gasteiger partial charge in [0.25, 0.3) is 0 Å². The van der Waals surface area contributed by atoms with E-state index in [-0.39, 0.29) is 6.29 Å². The van der Waals surface area contributed by atoms with E-state index in [4.69, 9.17) is 41.9 Å². The number of carbonyl (C=O) groups excluding carboxylic acids is 2. The smallest absolute Gasteiger partial charge is 0.248 e. The first-order chi connectivity index (χ1) is 20.5. The van der Waals surface area contributed by atoms with Crippen molar-refractivity contribution in [2.75, 3.05) is 20.3 Å². The first-order valence-electron chi connectivity index (χ1n) is 13.4. The molecule has 2 heterocycles. The first kappa shape index (κ1) is 35.7. The van der Waals surface area contributed by atoms with Gasteiger partial charge in [0, 0.05) is 7.05 Å². The van der Waals surface area contributed by atoms with E-state index in [2.05, 4.69) is 9.98 Å². The normalized spacial score (nSPS) is 44.0. The van der Waals surface area contributed by atoms with Crippen molar-refractivity contribution in [3.8, 4) is 0 Å².